The summed E-state index contributed by atoms with van der Waals surface area (Å²) in [4.78, 5) is 24.1. The van der Waals surface area contributed by atoms with E-state index in [2.05, 4.69) is 5.32 Å². The maximum atomic E-state index is 12.1. The number of carbonyl (C=O) groups excluding carboxylic acids is 2. The van der Waals surface area contributed by atoms with E-state index in [0.29, 0.717) is 12.8 Å². The van der Waals surface area contributed by atoms with Crippen molar-refractivity contribution in [1.82, 2.24) is 5.32 Å². The zero-order chi connectivity index (χ0) is 15.9. The zero-order valence-electron chi connectivity index (χ0n) is 13.2. The third kappa shape index (κ3) is 4.72. The van der Waals surface area contributed by atoms with Gasteiger partial charge in [-0.3, -0.25) is 9.59 Å². The molecule has 1 N–H and O–H groups in total. The Bertz CT molecular complexity index is 551. The van der Waals surface area contributed by atoms with Gasteiger partial charge in [0.05, 0.1) is 12.0 Å². The molecule has 1 amide bonds. The van der Waals surface area contributed by atoms with Crippen LogP contribution < -0.4 is 5.32 Å². The number of carbonyl (C=O) groups is 2. The van der Waals surface area contributed by atoms with Gasteiger partial charge in [0.1, 0.15) is 6.61 Å². The van der Waals surface area contributed by atoms with E-state index in [-0.39, 0.29) is 30.4 Å². The van der Waals surface area contributed by atoms with E-state index in [1.165, 1.54) is 0 Å². The molecule has 1 unspecified atom stereocenters. The van der Waals surface area contributed by atoms with Crippen LogP contribution in [0.4, 0.5) is 0 Å². The highest BCUT2D eigenvalue weighted by atomic mass is 16.5. The van der Waals surface area contributed by atoms with E-state index in [1.54, 1.807) is 0 Å². The first-order chi connectivity index (χ1) is 10.6. The van der Waals surface area contributed by atoms with Gasteiger partial charge in [0.25, 0.3) is 0 Å². The van der Waals surface area contributed by atoms with Gasteiger partial charge in [0.2, 0.25) is 5.91 Å². The lowest BCUT2D eigenvalue weighted by Crippen LogP contribution is -2.33. The second-order valence-corrected chi connectivity index (χ2v) is 5.85. The molecule has 0 saturated heterocycles. The molecule has 0 aliphatic carbocycles. The zero-order valence-corrected chi connectivity index (χ0v) is 13.2. The second kappa shape index (κ2) is 7.78. The number of amides is 1. The van der Waals surface area contributed by atoms with Gasteiger partial charge >= 0.3 is 5.97 Å². The minimum absolute atomic E-state index is 0.0220. The number of benzene rings is 1. The number of rotatable bonds is 1. The SMILES string of the molecule is CC1=CC[C@@H](C)C(=O)OCC(c2ccccc2)NC(=O)CC1. The summed E-state index contributed by atoms with van der Waals surface area (Å²) in [7, 11) is 0. The average Bonchev–Trinajstić information content (AvgIpc) is 2.54. The summed E-state index contributed by atoms with van der Waals surface area (Å²) in [5.41, 5.74) is 2.08. The van der Waals surface area contributed by atoms with Crippen molar-refractivity contribution in [1.29, 1.82) is 0 Å². The highest BCUT2D eigenvalue weighted by Gasteiger charge is 2.20. The van der Waals surface area contributed by atoms with Gasteiger partial charge in [-0.15, -0.1) is 0 Å². The summed E-state index contributed by atoms with van der Waals surface area (Å²) >= 11 is 0. The monoisotopic (exact) mass is 301 g/mol. The molecule has 4 nitrogen and oxygen atoms in total. The predicted molar refractivity (Wildman–Crippen MR) is 85.1 cm³/mol. The Morgan fingerprint density at radius 3 is 2.59 bits per heavy atom. The fourth-order valence-corrected chi connectivity index (χ4v) is 2.37. The van der Waals surface area contributed by atoms with Crippen molar-refractivity contribution in [3.8, 4) is 0 Å². The second-order valence-electron chi connectivity index (χ2n) is 5.85. The molecule has 4 heteroatoms. The van der Waals surface area contributed by atoms with Crippen LogP contribution in [0.3, 0.4) is 0 Å². The number of esters is 1. The van der Waals surface area contributed by atoms with Gasteiger partial charge in [-0.2, -0.15) is 0 Å². The van der Waals surface area contributed by atoms with Crippen molar-refractivity contribution in [2.75, 3.05) is 6.61 Å². The van der Waals surface area contributed by atoms with Crippen LogP contribution >= 0.6 is 0 Å². The van der Waals surface area contributed by atoms with Crippen molar-refractivity contribution < 1.29 is 14.3 Å². The molecule has 0 aromatic heterocycles. The first kappa shape index (κ1) is 16.3. The van der Waals surface area contributed by atoms with E-state index in [9.17, 15) is 9.59 Å². The van der Waals surface area contributed by atoms with Gasteiger partial charge in [-0.25, -0.2) is 0 Å². The Morgan fingerprint density at radius 1 is 1.14 bits per heavy atom. The van der Waals surface area contributed by atoms with Crippen LogP contribution in [-0.4, -0.2) is 18.5 Å². The Morgan fingerprint density at radius 2 is 1.86 bits per heavy atom. The van der Waals surface area contributed by atoms with Gasteiger partial charge in [0, 0.05) is 6.42 Å². The lowest BCUT2D eigenvalue weighted by atomic mass is 10.0. The quantitative estimate of drug-likeness (QED) is 0.640. The van der Waals surface area contributed by atoms with Crippen LogP contribution in [-0.2, 0) is 14.3 Å². The fourth-order valence-electron chi connectivity index (χ4n) is 2.37. The maximum Gasteiger partial charge on any atom is 0.309 e. The molecule has 1 aromatic rings. The van der Waals surface area contributed by atoms with Gasteiger partial charge in [-0.1, -0.05) is 48.9 Å². The standard InChI is InChI=1S/C18H23NO3/c1-13-8-10-14(2)18(21)22-12-16(19-17(20)11-9-13)15-6-4-3-5-7-15/h3-8,14,16H,9-12H2,1-2H3,(H,19,20)/t14-,16?/m1/s1. The Kier molecular flexibility index (Phi) is 5.75. The summed E-state index contributed by atoms with van der Waals surface area (Å²) in [6.45, 7) is 4.03. The van der Waals surface area contributed by atoms with Crippen molar-refractivity contribution >= 4 is 11.9 Å². The molecule has 1 heterocycles. The molecular weight excluding hydrogens is 278 g/mol. The first-order valence-corrected chi connectivity index (χ1v) is 7.73. The highest BCUT2D eigenvalue weighted by Crippen LogP contribution is 2.17. The van der Waals surface area contributed by atoms with Crippen LogP contribution in [0.15, 0.2) is 42.0 Å². The maximum absolute atomic E-state index is 12.1. The van der Waals surface area contributed by atoms with E-state index in [0.717, 1.165) is 17.6 Å². The fraction of sp³-hybridized carbons (Fsp3) is 0.444. The number of hydrogen-bond acceptors (Lipinski definition) is 3. The first-order valence-electron chi connectivity index (χ1n) is 7.73. The van der Waals surface area contributed by atoms with E-state index < -0.39 is 0 Å². The summed E-state index contributed by atoms with van der Waals surface area (Å²) < 4.78 is 5.39. The Balaban J connectivity index is 2.16. The number of allylic oxidation sites excluding steroid dienone is 2. The smallest absolute Gasteiger partial charge is 0.309 e. The molecule has 118 valence electrons. The van der Waals surface area contributed by atoms with Crippen LogP contribution in [0.5, 0.6) is 0 Å². The topological polar surface area (TPSA) is 55.4 Å². The van der Waals surface area contributed by atoms with Crippen LogP contribution in [0.25, 0.3) is 0 Å². The molecule has 2 rings (SSSR count). The molecule has 1 aliphatic rings. The molecule has 22 heavy (non-hydrogen) atoms. The predicted octanol–water partition coefficient (Wildman–Crippen LogP) is 3.15. The summed E-state index contributed by atoms with van der Waals surface area (Å²) in [6, 6.07) is 9.30. The third-order valence-electron chi connectivity index (χ3n) is 3.90. The molecule has 0 saturated carbocycles. The van der Waals surface area contributed by atoms with Crippen molar-refractivity contribution in [3.63, 3.8) is 0 Å². The summed E-state index contributed by atoms with van der Waals surface area (Å²) in [6.07, 6.45) is 3.85. The van der Waals surface area contributed by atoms with Gasteiger partial charge in [-0.05, 0) is 25.3 Å². The summed E-state index contributed by atoms with van der Waals surface area (Å²) in [5, 5.41) is 2.96. The number of cyclic esters (lactones) is 1. The molecule has 0 fully saturated rings. The molecule has 1 aliphatic heterocycles. The molecule has 0 spiro atoms. The van der Waals surface area contributed by atoms with E-state index >= 15 is 0 Å². The Hall–Kier alpha value is -2.10. The number of ether oxygens (including phenoxy) is 1. The average molecular weight is 301 g/mol. The van der Waals surface area contributed by atoms with Crippen LogP contribution in [0, 0.1) is 5.92 Å². The molecule has 2 atom stereocenters. The number of nitrogens with one attached hydrogen (secondary N) is 1. The number of hydrogen-bond donors (Lipinski definition) is 1. The van der Waals surface area contributed by atoms with Crippen molar-refractivity contribution in [3.05, 3.63) is 47.5 Å². The minimum Gasteiger partial charge on any atom is -0.463 e. The third-order valence-corrected chi connectivity index (χ3v) is 3.90. The lowest BCUT2D eigenvalue weighted by molar-refractivity contribution is -0.149. The van der Waals surface area contributed by atoms with E-state index in [4.69, 9.17) is 4.74 Å². The molecule has 0 radical (unpaired) electrons. The molecular formula is C18H23NO3. The minimum atomic E-state index is -0.298. The lowest BCUT2D eigenvalue weighted by Gasteiger charge is -2.21. The van der Waals surface area contributed by atoms with Crippen LogP contribution in [0.1, 0.15) is 44.7 Å². The van der Waals surface area contributed by atoms with Gasteiger partial charge < -0.3 is 10.1 Å². The normalized spacial score (nSPS) is 24.4. The van der Waals surface area contributed by atoms with E-state index in [1.807, 2.05) is 50.3 Å². The van der Waals surface area contributed by atoms with Crippen molar-refractivity contribution in [2.45, 2.75) is 39.2 Å². The largest absolute Gasteiger partial charge is 0.463 e. The van der Waals surface area contributed by atoms with Crippen molar-refractivity contribution in [2.24, 2.45) is 5.92 Å². The van der Waals surface area contributed by atoms with Crippen LogP contribution in [0.2, 0.25) is 0 Å². The Labute approximate surface area is 131 Å². The molecule has 0 bridgehead atoms. The highest BCUT2D eigenvalue weighted by molar-refractivity contribution is 5.77. The molecule has 1 aromatic carbocycles. The van der Waals surface area contributed by atoms with Gasteiger partial charge in [0.15, 0.2) is 0 Å². The summed E-state index contributed by atoms with van der Waals surface area (Å²) in [5.74, 6) is -0.410.